The molecule has 3 aromatic rings. The Morgan fingerprint density at radius 1 is 1.25 bits per heavy atom. The molecule has 7 nitrogen and oxygen atoms in total. The molecular formula is C22H21Cl2FN4O3. The summed E-state index contributed by atoms with van der Waals surface area (Å²) in [5.41, 5.74) is 1.37. The lowest BCUT2D eigenvalue weighted by atomic mass is 10.1. The molecule has 0 aliphatic carbocycles. The van der Waals surface area contributed by atoms with Crippen LogP contribution in [-0.2, 0) is 4.74 Å². The third-order valence-electron chi connectivity index (χ3n) is 5.28. The van der Waals surface area contributed by atoms with E-state index in [0.29, 0.717) is 39.9 Å². The highest BCUT2D eigenvalue weighted by molar-refractivity contribution is 6.34. The molecule has 2 aromatic heterocycles. The van der Waals surface area contributed by atoms with Crippen molar-refractivity contribution in [1.82, 2.24) is 14.5 Å². The van der Waals surface area contributed by atoms with Crippen LogP contribution in [0.15, 0.2) is 53.6 Å². The molecule has 10 heteroatoms. The minimum Gasteiger partial charge on any atom is -0.394 e. The standard InChI is InChI=1S/C22H21Cl2FN4O3/c23-15-7-14(8-16(24)10-15)20(11-30)29-5-2-13(9-21(29)31)18-1-4-26-22(27-18)28-19-3-6-32-12-17(19)25/h1-2,4-5,7-10,17,19-20,30H,3,6,11-12H2,(H,26,27,28)/t17-,19-,20?/m1/s1. The summed E-state index contributed by atoms with van der Waals surface area (Å²) < 4.78 is 20.5. The van der Waals surface area contributed by atoms with Gasteiger partial charge in [-0.1, -0.05) is 23.2 Å². The van der Waals surface area contributed by atoms with Crippen LogP contribution in [0.25, 0.3) is 11.3 Å². The molecule has 0 spiro atoms. The van der Waals surface area contributed by atoms with E-state index >= 15 is 0 Å². The SMILES string of the molecule is O=c1cc(-c2ccnc(N[C@@H]3CCOC[C@H]3F)n2)ccn1C(CO)c1cc(Cl)cc(Cl)c1. The molecule has 2 N–H and O–H groups in total. The molecule has 1 aliphatic heterocycles. The first-order valence-corrected chi connectivity index (χ1v) is 10.8. The summed E-state index contributed by atoms with van der Waals surface area (Å²) in [4.78, 5) is 21.5. The number of aliphatic hydroxyl groups is 1. The Bertz CT molecular complexity index is 1140. The smallest absolute Gasteiger partial charge is 0.251 e. The molecular weight excluding hydrogens is 458 g/mol. The third kappa shape index (κ3) is 5.10. The van der Waals surface area contributed by atoms with Gasteiger partial charge in [0.25, 0.3) is 5.56 Å². The van der Waals surface area contributed by atoms with Gasteiger partial charge in [-0.15, -0.1) is 0 Å². The van der Waals surface area contributed by atoms with E-state index < -0.39 is 18.3 Å². The van der Waals surface area contributed by atoms with E-state index in [1.807, 2.05) is 0 Å². The molecule has 1 fully saturated rings. The number of anilines is 1. The van der Waals surface area contributed by atoms with Crippen molar-refractivity contribution in [1.29, 1.82) is 0 Å². The van der Waals surface area contributed by atoms with E-state index in [1.54, 1.807) is 42.7 Å². The van der Waals surface area contributed by atoms with E-state index in [1.165, 1.54) is 10.6 Å². The second-order valence-corrected chi connectivity index (χ2v) is 8.33. The molecule has 1 aliphatic rings. The average molecular weight is 479 g/mol. The largest absolute Gasteiger partial charge is 0.394 e. The number of ether oxygens (including phenoxy) is 1. The van der Waals surface area contributed by atoms with Gasteiger partial charge in [0.05, 0.1) is 31.0 Å². The molecule has 168 valence electrons. The van der Waals surface area contributed by atoms with Gasteiger partial charge in [0, 0.05) is 40.7 Å². The van der Waals surface area contributed by atoms with Gasteiger partial charge in [-0.25, -0.2) is 14.4 Å². The Hall–Kier alpha value is -2.52. The van der Waals surface area contributed by atoms with Crippen LogP contribution in [0.4, 0.5) is 10.3 Å². The summed E-state index contributed by atoms with van der Waals surface area (Å²) in [7, 11) is 0. The average Bonchev–Trinajstić information content (AvgIpc) is 2.76. The number of nitrogens with one attached hydrogen (secondary N) is 1. The van der Waals surface area contributed by atoms with E-state index in [-0.39, 0.29) is 24.7 Å². The van der Waals surface area contributed by atoms with E-state index in [2.05, 4.69) is 15.3 Å². The number of aromatic nitrogens is 3. The van der Waals surface area contributed by atoms with Crippen molar-refractivity contribution in [2.45, 2.75) is 24.7 Å². The maximum Gasteiger partial charge on any atom is 0.251 e. The van der Waals surface area contributed by atoms with Crippen molar-refractivity contribution >= 4 is 29.2 Å². The van der Waals surface area contributed by atoms with Gasteiger partial charge in [-0.2, -0.15) is 0 Å². The van der Waals surface area contributed by atoms with Gasteiger partial charge < -0.3 is 19.7 Å². The van der Waals surface area contributed by atoms with Gasteiger partial charge >= 0.3 is 0 Å². The number of benzene rings is 1. The molecule has 3 atom stereocenters. The first-order valence-electron chi connectivity index (χ1n) is 10.1. The van der Waals surface area contributed by atoms with Gasteiger partial charge in [0.2, 0.25) is 5.95 Å². The number of pyridine rings is 1. The highest BCUT2D eigenvalue weighted by atomic mass is 35.5. The lowest BCUT2D eigenvalue weighted by Gasteiger charge is -2.26. The van der Waals surface area contributed by atoms with E-state index in [4.69, 9.17) is 27.9 Å². The quantitative estimate of drug-likeness (QED) is 0.560. The van der Waals surface area contributed by atoms with Crippen LogP contribution in [-0.4, -0.2) is 51.7 Å². The molecule has 0 amide bonds. The van der Waals surface area contributed by atoms with Crippen molar-refractivity contribution in [3.8, 4) is 11.3 Å². The fraction of sp³-hybridized carbons (Fsp3) is 0.318. The molecule has 0 radical (unpaired) electrons. The Balaban J connectivity index is 1.60. The van der Waals surface area contributed by atoms with Crippen LogP contribution >= 0.6 is 23.2 Å². The van der Waals surface area contributed by atoms with E-state index in [0.717, 1.165) is 0 Å². The third-order valence-corrected chi connectivity index (χ3v) is 5.72. The minimum atomic E-state index is -1.14. The van der Waals surface area contributed by atoms with Crippen molar-refractivity contribution < 1.29 is 14.2 Å². The number of hydrogen-bond acceptors (Lipinski definition) is 6. The number of rotatable bonds is 6. The summed E-state index contributed by atoms with van der Waals surface area (Å²) in [6.07, 6.45) is 2.50. The van der Waals surface area contributed by atoms with Gasteiger partial charge in [0.1, 0.15) is 6.17 Å². The van der Waals surface area contributed by atoms with Crippen LogP contribution in [0, 0.1) is 0 Å². The molecule has 0 bridgehead atoms. The maximum atomic E-state index is 14.0. The highest BCUT2D eigenvalue weighted by Gasteiger charge is 2.26. The second-order valence-electron chi connectivity index (χ2n) is 7.46. The Morgan fingerprint density at radius 3 is 2.72 bits per heavy atom. The predicted molar refractivity (Wildman–Crippen MR) is 121 cm³/mol. The number of halogens is 3. The maximum absolute atomic E-state index is 14.0. The second kappa shape index (κ2) is 9.95. The number of aliphatic hydroxyl groups excluding tert-OH is 1. The van der Waals surface area contributed by atoms with Crippen molar-refractivity contribution in [3.05, 3.63) is 74.8 Å². The van der Waals surface area contributed by atoms with Crippen molar-refractivity contribution in [2.75, 3.05) is 25.1 Å². The number of hydrogen-bond donors (Lipinski definition) is 2. The summed E-state index contributed by atoms with van der Waals surface area (Å²) in [5.74, 6) is 0.281. The molecule has 0 saturated carbocycles. The zero-order valence-corrected chi connectivity index (χ0v) is 18.4. The summed E-state index contributed by atoms with van der Waals surface area (Å²) in [5, 5.41) is 13.8. The molecule has 3 heterocycles. The number of nitrogens with zero attached hydrogens (tertiary/aromatic N) is 3. The van der Waals surface area contributed by atoms with Gasteiger partial charge in [-0.3, -0.25) is 4.79 Å². The number of alkyl halides is 1. The van der Waals surface area contributed by atoms with Gasteiger partial charge in [-0.05, 0) is 42.3 Å². The monoisotopic (exact) mass is 478 g/mol. The van der Waals surface area contributed by atoms with E-state index in [9.17, 15) is 14.3 Å². The summed E-state index contributed by atoms with van der Waals surface area (Å²) in [6.45, 7) is 0.201. The Labute approximate surface area is 193 Å². The van der Waals surface area contributed by atoms with Gasteiger partial charge in [0.15, 0.2) is 0 Å². The predicted octanol–water partition coefficient (Wildman–Crippen LogP) is 3.73. The zero-order chi connectivity index (χ0) is 22.7. The molecule has 1 unspecified atom stereocenters. The Kier molecular flexibility index (Phi) is 7.05. The van der Waals surface area contributed by atoms with Crippen LogP contribution < -0.4 is 10.9 Å². The Morgan fingerprint density at radius 2 is 2.03 bits per heavy atom. The fourth-order valence-corrected chi connectivity index (χ4v) is 4.19. The fourth-order valence-electron chi connectivity index (χ4n) is 3.65. The highest BCUT2D eigenvalue weighted by Crippen LogP contribution is 2.26. The van der Waals surface area contributed by atoms with Crippen LogP contribution in [0.5, 0.6) is 0 Å². The summed E-state index contributed by atoms with van der Waals surface area (Å²) in [6, 6.07) is 8.63. The molecule has 32 heavy (non-hydrogen) atoms. The molecule has 1 saturated heterocycles. The first kappa shape index (κ1) is 22.7. The molecule has 1 aromatic carbocycles. The van der Waals surface area contributed by atoms with Crippen molar-refractivity contribution in [3.63, 3.8) is 0 Å². The minimum absolute atomic E-state index is 0.0411. The normalized spacial score (nSPS) is 19.5. The molecule has 4 rings (SSSR count). The summed E-state index contributed by atoms with van der Waals surface area (Å²) >= 11 is 12.1. The lowest BCUT2D eigenvalue weighted by molar-refractivity contribution is 0.0284. The zero-order valence-electron chi connectivity index (χ0n) is 16.9. The first-order chi connectivity index (χ1) is 15.4. The van der Waals surface area contributed by atoms with Crippen LogP contribution in [0.2, 0.25) is 10.0 Å². The topological polar surface area (TPSA) is 89.3 Å². The lowest BCUT2D eigenvalue weighted by Crippen LogP contribution is -2.39. The van der Waals surface area contributed by atoms with Crippen LogP contribution in [0.3, 0.4) is 0 Å². The van der Waals surface area contributed by atoms with Crippen LogP contribution in [0.1, 0.15) is 18.0 Å². The van der Waals surface area contributed by atoms with Crippen molar-refractivity contribution in [2.24, 2.45) is 0 Å².